The molecule has 7 heteroatoms. The van der Waals surface area contributed by atoms with Gasteiger partial charge in [-0.3, -0.25) is 4.98 Å². The Labute approximate surface area is 110 Å². The first-order valence-electron chi connectivity index (χ1n) is 5.42. The minimum absolute atomic E-state index is 0.0547. The van der Waals surface area contributed by atoms with Crippen molar-refractivity contribution < 1.29 is 12.8 Å². The van der Waals surface area contributed by atoms with Crippen LogP contribution >= 0.6 is 0 Å². The van der Waals surface area contributed by atoms with Crippen LogP contribution in [0.2, 0.25) is 0 Å². The number of nitrogens with two attached hydrogens (primary N) is 1. The van der Waals surface area contributed by atoms with Gasteiger partial charge >= 0.3 is 0 Å². The third-order valence-corrected chi connectivity index (χ3v) is 3.88. The number of pyridine rings is 1. The predicted molar refractivity (Wildman–Crippen MR) is 69.1 cm³/mol. The van der Waals surface area contributed by atoms with Crippen LogP contribution in [-0.4, -0.2) is 13.4 Å². The minimum atomic E-state index is -3.94. The van der Waals surface area contributed by atoms with Gasteiger partial charge in [0.25, 0.3) is 0 Å². The fourth-order valence-corrected chi connectivity index (χ4v) is 2.61. The Balaban J connectivity index is 2.21. The highest BCUT2D eigenvalue weighted by Gasteiger charge is 2.18. The quantitative estimate of drug-likeness (QED) is 0.827. The highest BCUT2D eigenvalue weighted by molar-refractivity contribution is 7.89. The van der Waals surface area contributed by atoms with Gasteiger partial charge in [0.2, 0.25) is 10.0 Å². The average molecular weight is 281 g/mol. The number of hydrogen-bond acceptors (Lipinski definition) is 4. The summed E-state index contributed by atoms with van der Waals surface area (Å²) in [4.78, 5) is 3.36. The maximum Gasteiger partial charge on any atom is 0.243 e. The Morgan fingerprint density at radius 1 is 1.21 bits per heavy atom. The molecule has 0 saturated carbocycles. The Kier molecular flexibility index (Phi) is 3.77. The number of rotatable bonds is 4. The molecule has 0 atom stereocenters. The van der Waals surface area contributed by atoms with Crippen LogP contribution in [0.25, 0.3) is 0 Å². The van der Waals surface area contributed by atoms with E-state index in [0.717, 1.165) is 17.7 Å². The summed E-state index contributed by atoms with van der Waals surface area (Å²) >= 11 is 0. The molecule has 100 valence electrons. The predicted octanol–water partition coefficient (Wildman–Crippen LogP) is 1.28. The highest BCUT2D eigenvalue weighted by Crippen LogP contribution is 2.17. The third kappa shape index (κ3) is 3.27. The molecule has 1 heterocycles. The van der Waals surface area contributed by atoms with E-state index in [4.69, 9.17) is 5.73 Å². The van der Waals surface area contributed by atoms with Crippen molar-refractivity contribution in [2.45, 2.75) is 11.4 Å². The van der Waals surface area contributed by atoms with Crippen molar-refractivity contribution in [1.82, 2.24) is 9.71 Å². The van der Waals surface area contributed by atoms with Gasteiger partial charge < -0.3 is 5.73 Å². The molecule has 0 saturated heterocycles. The normalized spacial score (nSPS) is 11.4. The van der Waals surface area contributed by atoms with Crippen LogP contribution in [0, 0.1) is 5.82 Å². The third-order valence-electron chi connectivity index (χ3n) is 2.46. The molecule has 0 aliphatic carbocycles. The number of anilines is 1. The standard InChI is InChI=1S/C12H12FN3O2S/c13-11-2-1-10(14)7-12(11)19(17,18)16-8-9-3-5-15-6-4-9/h1-7,16H,8,14H2. The lowest BCUT2D eigenvalue weighted by atomic mass is 10.3. The van der Waals surface area contributed by atoms with E-state index in [2.05, 4.69) is 9.71 Å². The molecule has 0 unspecified atom stereocenters. The van der Waals surface area contributed by atoms with Gasteiger partial charge in [-0.15, -0.1) is 0 Å². The summed E-state index contributed by atoms with van der Waals surface area (Å²) in [6, 6.07) is 6.74. The molecule has 5 nitrogen and oxygen atoms in total. The molecule has 0 aliphatic heterocycles. The van der Waals surface area contributed by atoms with Crippen LogP contribution in [0.1, 0.15) is 5.56 Å². The average Bonchev–Trinajstić information content (AvgIpc) is 2.40. The van der Waals surface area contributed by atoms with Crippen molar-refractivity contribution in [3.8, 4) is 0 Å². The van der Waals surface area contributed by atoms with Crippen LogP contribution in [0.15, 0.2) is 47.6 Å². The van der Waals surface area contributed by atoms with Gasteiger partial charge in [0.1, 0.15) is 10.7 Å². The molecule has 1 aromatic heterocycles. The zero-order chi connectivity index (χ0) is 13.9. The van der Waals surface area contributed by atoms with Crippen molar-refractivity contribution in [3.05, 3.63) is 54.1 Å². The number of benzene rings is 1. The largest absolute Gasteiger partial charge is 0.399 e. The summed E-state index contributed by atoms with van der Waals surface area (Å²) in [5.74, 6) is -0.837. The maximum atomic E-state index is 13.5. The van der Waals surface area contributed by atoms with E-state index in [1.807, 2.05) is 0 Å². The lowest BCUT2D eigenvalue weighted by Crippen LogP contribution is -2.24. The van der Waals surface area contributed by atoms with Crippen molar-refractivity contribution in [3.63, 3.8) is 0 Å². The highest BCUT2D eigenvalue weighted by atomic mass is 32.2. The summed E-state index contributed by atoms with van der Waals surface area (Å²) in [7, 11) is -3.94. The Morgan fingerprint density at radius 2 is 1.89 bits per heavy atom. The maximum absolute atomic E-state index is 13.5. The monoisotopic (exact) mass is 281 g/mol. The smallest absolute Gasteiger partial charge is 0.243 e. The molecule has 0 fully saturated rings. The van der Waals surface area contributed by atoms with Gasteiger partial charge in [0.15, 0.2) is 0 Å². The lowest BCUT2D eigenvalue weighted by molar-refractivity contribution is 0.557. The molecule has 0 amide bonds. The van der Waals surface area contributed by atoms with Gasteiger partial charge in [0, 0.05) is 24.6 Å². The minimum Gasteiger partial charge on any atom is -0.399 e. The second kappa shape index (κ2) is 5.33. The molecule has 0 bridgehead atoms. The van der Waals surface area contributed by atoms with Crippen LogP contribution in [0.5, 0.6) is 0 Å². The van der Waals surface area contributed by atoms with Gasteiger partial charge in [-0.25, -0.2) is 17.5 Å². The number of hydrogen-bond donors (Lipinski definition) is 2. The van der Waals surface area contributed by atoms with E-state index in [9.17, 15) is 12.8 Å². The number of nitrogens with one attached hydrogen (secondary N) is 1. The molecule has 1 aromatic carbocycles. The van der Waals surface area contributed by atoms with Crippen LogP contribution in [0.3, 0.4) is 0 Å². The number of aromatic nitrogens is 1. The van der Waals surface area contributed by atoms with Gasteiger partial charge in [-0.05, 0) is 35.9 Å². The van der Waals surface area contributed by atoms with Crippen molar-refractivity contribution in [1.29, 1.82) is 0 Å². The Hall–Kier alpha value is -1.99. The van der Waals surface area contributed by atoms with Crippen molar-refractivity contribution in [2.24, 2.45) is 0 Å². The zero-order valence-electron chi connectivity index (χ0n) is 9.88. The molecule has 0 aliphatic rings. The molecule has 0 spiro atoms. The molecular weight excluding hydrogens is 269 g/mol. The fraction of sp³-hybridized carbons (Fsp3) is 0.0833. The fourth-order valence-electron chi connectivity index (χ4n) is 1.48. The van der Waals surface area contributed by atoms with Gasteiger partial charge in [0.05, 0.1) is 0 Å². The van der Waals surface area contributed by atoms with E-state index in [-0.39, 0.29) is 12.2 Å². The zero-order valence-corrected chi connectivity index (χ0v) is 10.7. The first-order chi connectivity index (χ1) is 8.99. The Bertz CT molecular complexity index is 675. The number of halogens is 1. The van der Waals surface area contributed by atoms with Gasteiger partial charge in [-0.1, -0.05) is 0 Å². The summed E-state index contributed by atoms with van der Waals surface area (Å²) in [5.41, 5.74) is 6.38. The van der Waals surface area contributed by atoms with Gasteiger partial charge in [-0.2, -0.15) is 0 Å². The summed E-state index contributed by atoms with van der Waals surface area (Å²) in [5, 5.41) is 0. The topological polar surface area (TPSA) is 85.1 Å². The van der Waals surface area contributed by atoms with E-state index < -0.39 is 20.7 Å². The van der Waals surface area contributed by atoms with Crippen LogP contribution in [-0.2, 0) is 16.6 Å². The molecule has 3 N–H and O–H groups in total. The number of sulfonamides is 1. The van der Waals surface area contributed by atoms with Crippen molar-refractivity contribution >= 4 is 15.7 Å². The number of nitrogen functional groups attached to an aromatic ring is 1. The van der Waals surface area contributed by atoms with E-state index >= 15 is 0 Å². The summed E-state index contributed by atoms with van der Waals surface area (Å²) in [6.45, 7) is 0.0547. The molecule has 2 aromatic rings. The Morgan fingerprint density at radius 3 is 2.58 bits per heavy atom. The SMILES string of the molecule is Nc1ccc(F)c(S(=O)(=O)NCc2ccncc2)c1. The van der Waals surface area contributed by atoms with Crippen molar-refractivity contribution in [2.75, 3.05) is 5.73 Å². The summed E-state index contributed by atoms with van der Waals surface area (Å²) in [6.07, 6.45) is 3.09. The van der Waals surface area contributed by atoms with Crippen LogP contribution in [0.4, 0.5) is 10.1 Å². The first-order valence-corrected chi connectivity index (χ1v) is 6.91. The summed E-state index contributed by atoms with van der Waals surface area (Å²) < 4.78 is 39.7. The second-order valence-electron chi connectivity index (χ2n) is 3.87. The first kappa shape index (κ1) is 13.4. The lowest BCUT2D eigenvalue weighted by Gasteiger charge is -2.08. The van der Waals surface area contributed by atoms with E-state index in [1.54, 1.807) is 24.5 Å². The molecule has 2 rings (SSSR count). The molecule has 19 heavy (non-hydrogen) atoms. The van der Waals surface area contributed by atoms with Crippen LogP contribution < -0.4 is 10.5 Å². The molecule has 0 radical (unpaired) electrons. The van der Waals surface area contributed by atoms with E-state index in [0.29, 0.717) is 0 Å². The number of nitrogens with zero attached hydrogens (tertiary/aromatic N) is 1. The second-order valence-corrected chi connectivity index (χ2v) is 5.61. The van der Waals surface area contributed by atoms with E-state index in [1.165, 1.54) is 6.07 Å². The molecular formula is C12H12FN3O2S.